The van der Waals surface area contributed by atoms with E-state index in [9.17, 15) is 18.0 Å². The van der Waals surface area contributed by atoms with E-state index in [4.69, 9.17) is 27.9 Å². The van der Waals surface area contributed by atoms with Crippen molar-refractivity contribution < 1.29 is 22.7 Å². The number of nitrogens with zero attached hydrogens (tertiary/aromatic N) is 1. The van der Waals surface area contributed by atoms with Crippen molar-refractivity contribution in [3.63, 3.8) is 0 Å². The van der Waals surface area contributed by atoms with Gasteiger partial charge < -0.3 is 9.53 Å². The van der Waals surface area contributed by atoms with E-state index >= 15 is 0 Å². The van der Waals surface area contributed by atoms with Crippen LogP contribution < -0.4 is 0 Å². The largest absolute Gasteiger partial charge is 0.416 e. The summed E-state index contributed by atoms with van der Waals surface area (Å²) in [5, 5.41) is 0.827. The molecule has 0 N–H and O–H groups in total. The molecule has 1 atom stereocenters. The maximum absolute atomic E-state index is 13.0. The number of rotatable bonds is 6. The maximum atomic E-state index is 13.0. The first-order valence-electron chi connectivity index (χ1n) is 9.30. The smallest absolute Gasteiger partial charge is 0.366 e. The number of carbonyl (C=O) groups is 1. The number of hydrogen-bond donors (Lipinski definition) is 0. The molecule has 31 heavy (non-hydrogen) atoms. The van der Waals surface area contributed by atoms with Crippen LogP contribution in [0.15, 0.2) is 48.5 Å². The summed E-state index contributed by atoms with van der Waals surface area (Å²) in [5.41, 5.74) is 2.83. The lowest BCUT2D eigenvalue weighted by molar-refractivity contribution is -0.137. The first-order chi connectivity index (χ1) is 14.6. The molecule has 3 nitrogen and oxygen atoms in total. The number of aromatic nitrogens is 1. The van der Waals surface area contributed by atoms with Gasteiger partial charge in [-0.25, -0.2) is 0 Å². The van der Waals surface area contributed by atoms with E-state index in [0.717, 1.165) is 17.7 Å². The van der Waals surface area contributed by atoms with Gasteiger partial charge in [0, 0.05) is 32.4 Å². The van der Waals surface area contributed by atoms with Crippen molar-refractivity contribution >= 4 is 29.5 Å². The fraction of sp³-hybridized carbons (Fsp3) is 0.217. The fourth-order valence-electron chi connectivity index (χ4n) is 3.00. The molecule has 0 saturated carbocycles. The highest BCUT2D eigenvalue weighted by molar-refractivity contribution is 6.36. The molecule has 0 aliphatic heterocycles. The van der Waals surface area contributed by atoms with Crippen LogP contribution in [0.1, 0.15) is 23.7 Å². The third-order valence-electron chi connectivity index (χ3n) is 4.72. The van der Waals surface area contributed by atoms with Gasteiger partial charge in [0.2, 0.25) is 0 Å². The quantitative estimate of drug-likeness (QED) is 0.361. The second kappa shape index (κ2) is 9.39. The van der Waals surface area contributed by atoms with E-state index in [1.54, 1.807) is 32.0 Å². The minimum Gasteiger partial charge on any atom is -0.366 e. The van der Waals surface area contributed by atoms with Crippen LogP contribution in [0.3, 0.4) is 0 Å². The lowest BCUT2D eigenvalue weighted by Gasteiger charge is -2.17. The van der Waals surface area contributed by atoms with Gasteiger partial charge in [0.05, 0.1) is 17.9 Å². The number of benzene rings is 2. The Morgan fingerprint density at radius 2 is 1.74 bits per heavy atom. The van der Waals surface area contributed by atoms with E-state index in [-0.39, 0.29) is 6.61 Å². The molecule has 0 radical (unpaired) electrons. The average molecular weight is 468 g/mol. The van der Waals surface area contributed by atoms with Gasteiger partial charge in [-0.15, -0.1) is 0 Å². The highest BCUT2D eigenvalue weighted by Gasteiger charge is 2.30. The zero-order valence-corrected chi connectivity index (χ0v) is 18.1. The van der Waals surface area contributed by atoms with Crippen LogP contribution in [0, 0.1) is 6.92 Å². The molecule has 0 saturated heterocycles. The first kappa shape index (κ1) is 23.3. The van der Waals surface area contributed by atoms with Crippen LogP contribution >= 0.6 is 23.2 Å². The minimum absolute atomic E-state index is 0.143. The molecule has 2 aromatic carbocycles. The summed E-state index contributed by atoms with van der Waals surface area (Å²) < 4.78 is 44.4. The van der Waals surface area contributed by atoms with Gasteiger partial charge in [0.1, 0.15) is 12.4 Å². The normalized spacial score (nSPS) is 12.6. The van der Waals surface area contributed by atoms with E-state index in [1.165, 1.54) is 12.1 Å². The Morgan fingerprint density at radius 1 is 1.06 bits per heavy atom. The summed E-state index contributed by atoms with van der Waals surface area (Å²) in [5.74, 6) is 0. The predicted molar refractivity (Wildman–Crippen MR) is 115 cm³/mol. The fourth-order valence-corrected chi connectivity index (χ4v) is 3.51. The Kier molecular flexibility index (Phi) is 7.04. The molecule has 0 fully saturated rings. The van der Waals surface area contributed by atoms with Crippen LogP contribution in [0.4, 0.5) is 13.2 Å². The molecule has 0 bridgehead atoms. The van der Waals surface area contributed by atoms with Gasteiger partial charge in [-0.2, -0.15) is 13.2 Å². The molecule has 0 aliphatic carbocycles. The molecule has 0 spiro atoms. The number of carbonyl (C=O) groups excluding carboxylic acids is 1. The summed E-state index contributed by atoms with van der Waals surface area (Å²) in [4.78, 5) is 15.5. The molecule has 1 aromatic heterocycles. The standard InChI is InChI=1S/C23H18Cl2F3NO2/c1-13(11-30)31-12-16-9-20(19-8-7-18(24)10-21(19)25)22(29-14(16)2)15-3-5-17(6-4-15)23(26,27)28/h3-11,13H,12H2,1-2H3. The Morgan fingerprint density at radius 3 is 2.32 bits per heavy atom. The summed E-state index contributed by atoms with van der Waals surface area (Å²) >= 11 is 12.4. The molecule has 162 valence electrons. The summed E-state index contributed by atoms with van der Waals surface area (Å²) in [6.45, 7) is 3.54. The lowest BCUT2D eigenvalue weighted by atomic mass is 9.96. The Labute approximate surface area is 187 Å². The monoisotopic (exact) mass is 467 g/mol. The minimum atomic E-state index is -4.43. The van der Waals surface area contributed by atoms with Crippen molar-refractivity contribution in [2.45, 2.75) is 32.7 Å². The third-order valence-corrected chi connectivity index (χ3v) is 5.27. The van der Waals surface area contributed by atoms with Gasteiger partial charge in [0.25, 0.3) is 0 Å². The van der Waals surface area contributed by atoms with E-state index < -0.39 is 17.8 Å². The first-order valence-corrected chi connectivity index (χ1v) is 10.1. The topological polar surface area (TPSA) is 39.2 Å². The SMILES string of the molecule is Cc1nc(-c2ccc(C(F)(F)F)cc2)c(-c2ccc(Cl)cc2Cl)cc1COC(C)C=O. The highest BCUT2D eigenvalue weighted by Crippen LogP contribution is 2.38. The molecule has 3 aromatic rings. The lowest BCUT2D eigenvalue weighted by Crippen LogP contribution is -2.10. The van der Waals surface area contributed by atoms with Gasteiger partial charge >= 0.3 is 6.18 Å². The molecule has 8 heteroatoms. The zero-order valence-electron chi connectivity index (χ0n) is 16.6. The Bertz CT molecular complexity index is 1100. The number of hydrogen-bond acceptors (Lipinski definition) is 3. The number of ether oxygens (including phenoxy) is 1. The number of pyridine rings is 1. The van der Waals surface area contributed by atoms with E-state index in [2.05, 4.69) is 4.98 Å². The van der Waals surface area contributed by atoms with Gasteiger partial charge in [-0.05, 0) is 49.7 Å². The Hall–Kier alpha value is -2.41. The summed E-state index contributed by atoms with van der Waals surface area (Å²) in [7, 11) is 0. The molecule has 0 aliphatic rings. The second-order valence-corrected chi connectivity index (χ2v) is 7.82. The average Bonchev–Trinajstić information content (AvgIpc) is 2.72. The van der Waals surface area contributed by atoms with Crippen LogP contribution in [0.2, 0.25) is 10.0 Å². The maximum Gasteiger partial charge on any atom is 0.416 e. The van der Waals surface area contributed by atoms with Crippen LogP contribution in [-0.4, -0.2) is 17.4 Å². The third kappa shape index (κ3) is 5.45. The van der Waals surface area contributed by atoms with Gasteiger partial charge in [-0.3, -0.25) is 4.98 Å². The number of aldehydes is 1. The van der Waals surface area contributed by atoms with E-state index in [0.29, 0.717) is 44.4 Å². The Balaban J connectivity index is 2.15. The number of alkyl halides is 3. The molecular weight excluding hydrogens is 450 g/mol. The van der Waals surface area contributed by atoms with Crippen LogP contribution in [-0.2, 0) is 22.3 Å². The second-order valence-electron chi connectivity index (χ2n) is 6.98. The highest BCUT2D eigenvalue weighted by atomic mass is 35.5. The van der Waals surface area contributed by atoms with E-state index in [1.807, 2.05) is 6.07 Å². The van der Waals surface area contributed by atoms with Crippen molar-refractivity contribution in [3.05, 3.63) is 75.4 Å². The molecule has 3 rings (SSSR count). The number of aryl methyl sites for hydroxylation is 1. The van der Waals surface area contributed by atoms with Crippen molar-refractivity contribution in [2.75, 3.05) is 0 Å². The van der Waals surface area contributed by atoms with Crippen molar-refractivity contribution in [2.24, 2.45) is 0 Å². The molecule has 0 amide bonds. The van der Waals surface area contributed by atoms with Crippen molar-refractivity contribution in [3.8, 4) is 22.4 Å². The summed E-state index contributed by atoms with van der Waals surface area (Å²) in [6, 6.07) is 11.6. The number of halogens is 5. The van der Waals surface area contributed by atoms with Crippen LogP contribution in [0.5, 0.6) is 0 Å². The van der Waals surface area contributed by atoms with Crippen molar-refractivity contribution in [1.29, 1.82) is 0 Å². The zero-order chi connectivity index (χ0) is 22.8. The van der Waals surface area contributed by atoms with Gasteiger partial charge in [0.15, 0.2) is 0 Å². The van der Waals surface area contributed by atoms with Crippen molar-refractivity contribution in [1.82, 2.24) is 4.98 Å². The molecular formula is C23H18Cl2F3NO2. The van der Waals surface area contributed by atoms with Gasteiger partial charge in [-0.1, -0.05) is 41.4 Å². The molecule has 1 heterocycles. The molecule has 1 unspecified atom stereocenters. The predicted octanol–water partition coefficient (Wildman–Crippen LogP) is 7.15. The van der Waals surface area contributed by atoms with Crippen LogP contribution in [0.25, 0.3) is 22.4 Å². The summed E-state index contributed by atoms with van der Waals surface area (Å²) in [6.07, 6.45) is -4.33.